The average Bonchev–Trinajstić information content (AvgIpc) is 2.76. The number of rotatable bonds is 5. The van der Waals surface area contributed by atoms with Gasteiger partial charge in [0.15, 0.2) is 0 Å². The van der Waals surface area contributed by atoms with Crippen LogP contribution in [0.3, 0.4) is 0 Å². The van der Waals surface area contributed by atoms with E-state index in [1.165, 1.54) is 16.4 Å². The molecule has 0 N–H and O–H groups in total. The second-order valence-electron chi connectivity index (χ2n) is 6.10. The number of carbonyl (C=O) groups excluding carboxylic acids is 1. The Morgan fingerprint density at radius 3 is 2.36 bits per heavy atom. The molecule has 0 saturated carbocycles. The van der Waals surface area contributed by atoms with E-state index in [4.69, 9.17) is 0 Å². The summed E-state index contributed by atoms with van der Waals surface area (Å²) < 4.78 is 38.1. The molecule has 8 heteroatoms. The van der Waals surface area contributed by atoms with Crippen LogP contribution in [0.25, 0.3) is 0 Å². The molecule has 1 fully saturated rings. The Kier molecular flexibility index (Phi) is 6.76. The first-order valence-corrected chi connectivity index (χ1v) is 11.5. The van der Waals surface area contributed by atoms with Crippen molar-refractivity contribution in [2.45, 2.75) is 38.1 Å². The van der Waals surface area contributed by atoms with E-state index in [9.17, 15) is 17.4 Å². The summed E-state index contributed by atoms with van der Waals surface area (Å²) in [6.45, 7) is 6.82. The highest BCUT2D eigenvalue weighted by atomic mass is 32.2. The van der Waals surface area contributed by atoms with Crippen LogP contribution in [0.1, 0.15) is 37.6 Å². The Morgan fingerprint density at radius 2 is 1.80 bits per heavy atom. The van der Waals surface area contributed by atoms with Crippen LogP contribution in [0, 0.1) is 0 Å². The van der Waals surface area contributed by atoms with Crippen molar-refractivity contribution < 1.29 is 17.4 Å². The minimum atomic E-state index is -3.52. The van der Waals surface area contributed by atoms with Crippen LogP contribution in [0.15, 0.2) is 29.2 Å². The predicted molar refractivity (Wildman–Crippen MR) is 99.5 cm³/mol. The SMILES string of the molecule is CCN(CC)S(=O)(=O)c1ccc(C(=O)N2CC[S@@](=O)CC[C@H]2C)cc1. The molecule has 1 aromatic rings. The maximum absolute atomic E-state index is 12.7. The summed E-state index contributed by atoms with van der Waals surface area (Å²) in [5.41, 5.74) is 0.457. The topological polar surface area (TPSA) is 74.8 Å². The zero-order valence-electron chi connectivity index (χ0n) is 15.0. The lowest BCUT2D eigenvalue weighted by Crippen LogP contribution is -2.39. The molecular weight excluding hydrogens is 360 g/mol. The minimum absolute atomic E-state index is 0.0260. The molecule has 0 aromatic heterocycles. The van der Waals surface area contributed by atoms with Gasteiger partial charge in [-0.1, -0.05) is 13.8 Å². The van der Waals surface area contributed by atoms with E-state index in [1.54, 1.807) is 30.9 Å². The van der Waals surface area contributed by atoms with E-state index in [-0.39, 0.29) is 16.8 Å². The van der Waals surface area contributed by atoms with Gasteiger partial charge in [-0.05, 0) is 37.6 Å². The van der Waals surface area contributed by atoms with Crippen LogP contribution in [0.2, 0.25) is 0 Å². The molecule has 0 aliphatic carbocycles. The van der Waals surface area contributed by atoms with Gasteiger partial charge in [0.25, 0.3) is 5.91 Å². The van der Waals surface area contributed by atoms with Crippen molar-refractivity contribution in [1.82, 2.24) is 9.21 Å². The number of hydrogen-bond donors (Lipinski definition) is 0. The monoisotopic (exact) mass is 386 g/mol. The van der Waals surface area contributed by atoms with Crippen molar-refractivity contribution in [1.29, 1.82) is 0 Å². The summed E-state index contributed by atoms with van der Waals surface area (Å²) in [5.74, 6) is 0.967. The lowest BCUT2D eigenvalue weighted by atomic mass is 10.1. The first-order chi connectivity index (χ1) is 11.8. The number of hydrogen-bond acceptors (Lipinski definition) is 4. The summed E-state index contributed by atoms with van der Waals surface area (Å²) in [5, 5.41) is 0. The summed E-state index contributed by atoms with van der Waals surface area (Å²) in [6, 6.07) is 6.13. The van der Waals surface area contributed by atoms with Crippen LogP contribution >= 0.6 is 0 Å². The Labute approximate surface area is 152 Å². The van der Waals surface area contributed by atoms with E-state index in [0.717, 1.165) is 0 Å². The van der Waals surface area contributed by atoms with Gasteiger partial charge in [-0.3, -0.25) is 9.00 Å². The smallest absolute Gasteiger partial charge is 0.254 e. The molecule has 25 heavy (non-hydrogen) atoms. The fourth-order valence-electron chi connectivity index (χ4n) is 2.93. The van der Waals surface area contributed by atoms with Crippen molar-refractivity contribution in [3.8, 4) is 0 Å². The molecule has 0 unspecified atom stereocenters. The molecule has 6 nitrogen and oxygen atoms in total. The number of benzene rings is 1. The summed E-state index contributed by atoms with van der Waals surface area (Å²) in [7, 11) is -4.40. The minimum Gasteiger partial charge on any atom is -0.335 e. The van der Waals surface area contributed by atoms with Gasteiger partial charge < -0.3 is 4.90 Å². The van der Waals surface area contributed by atoms with Gasteiger partial charge in [-0.25, -0.2) is 8.42 Å². The Balaban J connectivity index is 2.21. The third-order valence-corrected chi connectivity index (χ3v) is 7.95. The maximum atomic E-state index is 12.7. The largest absolute Gasteiger partial charge is 0.335 e. The molecular formula is C17H26N2O4S2. The molecule has 0 spiro atoms. The quantitative estimate of drug-likeness (QED) is 0.772. The van der Waals surface area contributed by atoms with Crippen LogP contribution in [-0.4, -0.2) is 64.9 Å². The predicted octanol–water partition coefficient (Wildman–Crippen LogP) is 1.70. The third kappa shape index (κ3) is 4.48. The van der Waals surface area contributed by atoms with Gasteiger partial charge in [0.1, 0.15) is 0 Å². The zero-order chi connectivity index (χ0) is 18.6. The fourth-order valence-corrected chi connectivity index (χ4v) is 5.60. The molecule has 140 valence electrons. The second kappa shape index (κ2) is 8.42. The fraction of sp³-hybridized carbons (Fsp3) is 0.588. The molecule has 2 rings (SSSR count). The van der Waals surface area contributed by atoms with E-state index in [2.05, 4.69) is 0 Å². The van der Waals surface area contributed by atoms with Crippen LogP contribution < -0.4 is 0 Å². The molecule has 1 aromatic carbocycles. The van der Waals surface area contributed by atoms with Gasteiger partial charge in [0.2, 0.25) is 10.0 Å². The number of amides is 1. The highest BCUT2D eigenvalue weighted by Crippen LogP contribution is 2.19. The van der Waals surface area contributed by atoms with Crippen LogP contribution in [-0.2, 0) is 20.8 Å². The molecule has 1 aliphatic heterocycles. The van der Waals surface area contributed by atoms with Gasteiger partial charge in [0.05, 0.1) is 4.90 Å². The first-order valence-electron chi connectivity index (χ1n) is 8.57. The maximum Gasteiger partial charge on any atom is 0.254 e. The van der Waals surface area contributed by atoms with E-state index in [1.807, 2.05) is 6.92 Å². The first kappa shape index (κ1) is 20.1. The van der Waals surface area contributed by atoms with E-state index in [0.29, 0.717) is 43.1 Å². The third-order valence-electron chi connectivity index (χ3n) is 4.56. The number of sulfonamides is 1. The molecule has 1 aliphatic rings. The van der Waals surface area contributed by atoms with Crippen molar-refractivity contribution in [2.75, 3.05) is 31.1 Å². The Bertz CT molecular complexity index is 728. The van der Waals surface area contributed by atoms with E-state index >= 15 is 0 Å². The standard InChI is InChI=1S/C17H26N2O4S2/c1-4-18(5-2)25(22,23)16-8-6-15(7-9-16)17(20)19-11-13-24(21)12-10-14(19)3/h6-9,14H,4-5,10-13H2,1-3H3/t14-,24+/m1/s1. The van der Waals surface area contributed by atoms with Crippen molar-refractivity contribution in [3.63, 3.8) is 0 Å². The van der Waals surface area contributed by atoms with Crippen molar-refractivity contribution in [3.05, 3.63) is 29.8 Å². The number of carbonyl (C=O) groups is 1. The molecule has 1 saturated heterocycles. The Morgan fingerprint density at radius 1 is 1.20 bits per heavy atom. The highest BCUT2D eigenvalue weighted by molar-refractivity contribution is 7.89. The lowest BCUT2D eigenvalue weighted by molar-refractivity contribution is 0.0706. The van der Waals surface area contributed by atoms with Crippen LogP contribution in [0.4, 0.5) is 0 Å². The molecule has 1 amide bonds. The van der Waals surface area contributed by atoms with Gasteiger partial charge >= 0.3 is 0 Å². The van der Waals surface area contributed by atoms with Gasteiger partial charge in [-0.2, -0.15) is 4.31 Å². The Hall–Kier alpha value is -1.25. The summed E-state index contributed by atoms with van der Waals surface area (Å²) >= 11 is 0. The molecule has 2 atom stereocenters. The highest BCUT2D eigenvalue weighted by Gasteiger charge is 2.26. The zero-order valence-corrected chi connectivity index (χ0v) is 16.6. The second-order valence-corrected chi connectivity index (χ2v) is 9.73. The van der Waals surface area contributed by atoms with Gasteiger partial charge in [-0.15, -0.1) is 0 Å². The normalized spacial score (nSPS) is 22.0. The van der Waals surface area contributed by atoms with Crippen LogP contribution in [0.5, 0.6) is 0 Å². The van der Waals surface area contributed by atoms with E-state index < -0.39 is 20.8 Å². The lowest BCUT2D eigenvalue weighted by Gasteiger charge is -2.27. The number of nitrogens with zero attached hydrogens (tertiary/aromatic N) is 2. The summed E-state index contributed by atoms with van der Waals surface area (Å²) in [4.78, 5) is 14.7. The molecule has 0 radical (unpaired) electrons. The average molecular weight is 387 g/mol. The van der Waals surface area contributed by atoms with Crippen molar-refractivity contribution >= 4 is 26.7 Å². The van der Waals surface area contributed by atoms with Gasteiger partial charge in [0, 0.05) is 53.5 Å². The van der Waals surface area contributed by atoms with Crippen molar-refractivity contribution in [2.24, 2.45) is 0 Å². The molecule has 0 bridgehead atoms. The molecule has 1 heterocycles. The summed E-state index contributed by atoms with van der Waals surface area (Å²) in [6.07, 6.45) is 0.715.